The summed E-state index contributed by atoms with van der Waals surface area (Å²) in [6.07, 6.45) is 6.37. The number of nitrogens with zero attached hydrogens (tertiary/aromatic N) is 4. The number of carbonyl (C=O) groups is 1. The summed E-state index contributed by atoms with van der Waals surface area (Å²) < 4.78 is 6.93. The molecule has 0 fully saturated rings. The Labute approximate surface area is 153 Å². The zero-order valence-electron chi connectivity index (χ0n) is 14.6. The van der Waals surface area contributed by atoms with Crippen LogP contribution in [0.15, 0.2) is 42.3 Å². The zero-order valence-corrected chi connectivity index (χ0v) is 15.4. The van der Waals surface area contributed by atoms with E-state index < -0.39 is 11.7 Å². The zero-order chi connectivity index (χ0) is 18.3. The van der Waals surface area contributed by atoms with Gasteiger partial charge in [0.25, 0.3) is 0 Å². The van der Waals surface area contributed by atoms with Crippen molar-refractivity contribution in [2.45, 2.75) is 26.4 Å². The first-order valence-electron chi connectivity index (χ1n) is 8.07. The molecule has 0 radical (unpaired) electrons. The van der Waals surface area contributed by atoms with Crippen molar-refractivity contribution < 1.29 is 9.53 Å². The number of carbonyl (C=O) groups excluding carboxylic acids is 1. The fourth-order valence-corrected chi connectivity index (χ4v) is 3.38. The molecule has 4 aromatic rings. The molecule has 0 aromatic carbocycles. The van der Waals surface area contributed by atoms with Crippen LogP contribution in [0, 0.1) is 0 Å². The summed E-state index contributed by atoms with van der Waals surface area (Å²) >= 11 is 1.49. The predicted octanol–water partition coefficient (Wildman–Crippen LogP) is 4.33. The summed E-state index contributed by atoms with van der Waals surface area (Å²) in [7, 11) is 0. The van der Waals surface area contributed by atoms with Crippen LogP contribution in [0.3, 0.4) is 0 Å². The molecule has 0 bridgehead atoms. The van der Waals surface area contributed by atoms with Gasteiger partial charge in [-0.05, 0) is 32.9 Å². The second kappa shape index (κ2) is 6.06. The van der Waals surface area contributed by atoms with Crippen molar-refractivity contribution in [2.75, 3.05) is 0 Å². The first kappa shape index (κ1) is 16.5. The highest BCUT2D eigenvalue weighted by Crippen LogP contribution is 2.33. The lowest BCUT2D eigenvalue weighted by Crippen LogP contribution is -2.26. The minimum atomic E-state index is -0.588. The monoisotopic (exact) mass is 367 g/mol. The molecular formula is C18H17N5O2S. The van der Waals surface area contributed by atoms with E-state index in [1.807, 2.05) is 38.3 Å². The van der Waals surface area contributed by atoms with Gasteiger partial charge in [0, 0.05) is 41.1 Å². The van der Waals surface area contributed by atoms with Crippen LogP contribution in [0.1, 0.15) is 20.8 Å². The first-order valence-corrected chi connectivity index (χ1v) is 8.95. The van der Waals surface area contributed by atoms with Crippen LogP contribution >= 0.6 is 11.3 Å². The van der Waals surface area contributed by atoms with Crippen molar-refractivity contribution in [3.05, 3.63) is 42.3 Å². The Balaban J connectivity index is 1.80. The van der Waals surface area contributed by atoms with Gasteiger partial charge in [0.15, 0.2) is 10.8 Å². The van der Waals surface area contributed by atoms with Crippen LogP contribution in [0.2, 0.25) is 0 Å². The van der Waals surface area contributed by atoms with Gasteiger partial charge in [-0.3, -0.25) is 0 Å². The quantitative estimate of drug-likeness (QED) is 0.570. The lowest BCUT2D eigenvalue weighted by molar-refractivity contribution is 0.0544. The van der Waals surface area contributed by atoms with E-state index in [0.29, 0.717) is 5.65 Å². The number of hydrogen-bond donors (Lipinski definition) is 1. The van der Waals surface area contributed by atoms with Crippen molar-refractivity contribution in [3.63, 3.8) is 0 Å². The maximum absolute atomic E-state index is 12.6. The molecular weight excluding hydrogens is 350 g/mol. The first-order chi connectivity index (χ1) is 12.4. The summed E-state index contributed by atoms with van der Waals surface area (Å²) in [6.45, 7) is 5.50. The molecule has 0 amide bonds. The van der Waals surface area contributed by atoms with E-state index in [1.54, 1.807) is 24.8 Å². The van der Waals surface area contributed by atoms with Crippen molar-refractivity contribution in [3.8, 4) is 22.1 Å². The molecule has 1 N–H and O–H groups in total. The van der Waals surface area contributed by atoms with Gasteiger partial charge >= 0.3 is 6.09 Å². The molecule has 7 nitrogen and oxygen atoms in total. The Hall–Kier alpha value is -3.00. The Morgan fingerprint density at radius 3 is 2.85 bits per heavy atom. The van der Waals surface area contributed by atoms with Gasteiger partial charge in [-0.2, -0.15) is 0 Å². The minimum Gasteiger partial charge on any atom is -0.443 e. The minimum absolute atomic E-state index is 0.464. The van der Waals surface area contributed by atoms with Crippen molar-refractivity contribution >= 4 is 28.5 Å². The maximum atomic E-state index is 12.6. The number of H-pyrrole nitrogens is 1. The van der Waals surface area contributed by atoms with E-state index in [1.165, 1.54) is 15.9 Å². The fraction of sp³-hybridized carbons (Fsp3) is 0.222. The average Bonchev–Trinajstić information content (AvgIpc) is 3.31. The molecule has 0 aliphatic rings. The number of pyridine rings is 1. The van der Waals surface area contributed by atoms with Crippen molar-refractivity contribution in [2.24, 2.45) is 0 Å². The molecule has 4 rings (SSSR count). The summed E-state index contributed by atoms with van der Waals surface area (Å²) in [5, 5.41) is 3.57. The number of imidazole rings is 1. The van der Waals surface area contributed by atoms with Gasteiger partial charge < -0.3 is 9.72 Å². The van der Waals surface area contributed by atoms with Gasteiger partial charge in [0.1, 0.15) is 11.2 Å². The number of ether oxygens (including phenoxy) is 1. The lowest BCUT2D eigenvalue weighted by Gasteiger charge is -2.19. The molecule has 0 atom stereocenters. The summed E-state index contributed by atoms with van der Waals surface area (Å²) in [5.41, 5.74) is 1.55. The van der Waals surface area contributed by atoms with E-state index in [2.05, 4.69) is 19.9 Å². The molecule has 0 saturated heterocycles. The Bertz CT molecular complexity index is 1070. The number of aromatic nitrogens is 5. The maximum Gasteiger partial charge on any atom is 0.420 e. The van der Waals surface area contributed by atoms with Gasteiger partial charge in [-0.15, -0.1) is 11.3 Å². The number of aromatic amines is 1. The SMILES string of the molecule is CC(C)(C)OC(=O)n1cc(-c2csc(-c3ncc[nH]3)n2)c2cccnc21. The normalized spacial score (nSPS) is 11.8. The lowest BCUT2D eigenvalue weighted by atomic mass is 10.2. The van der Waals surface area contributed by atoms with Gasteiger partial charge in [0.2, 0.25) is 0 Å². The van der Waals surface area contributed by atoms with Crippen molar-refractivity contribution in [1.29, 1.82) is 0 Å². The summed E-state index contributed by atoms with van der Waals surface area (Å²) in [6, 6.07) is 3.76. The molecule has 132 valence electrons. The fourth-order valence-electron chi connectivity index (χ4n) is 2.60. The van der Waals surface area contributed by atoms with Crippen LogP contribution in [0.25, 0.3) is 33.1 Å². The highest BCUT2D eigenvalue weighted by molar-refractivity contribution is 7.13. The van der Waals surface area contributed by atoms with Gasteiger partial charge in [-0.25, -0.2) is 24.3 Å². The highest BCUT2D eigenvalue weighted by atomic mass is 32.1. The number of rotatable bonds is 2. The van der Waals surface area contributed by atoms with E-state index >= 15 is 0 Å². The second-order valence-electron chi connectivity index (χ2n) is 6.74. The molecule has 0 aliphatic carbocycles. The number of hydrogen-bond acceptors (Lipinski definition) is 6. The third kappa shape index (κ3) is 2.99. The topological polar surface area (TPSA) is 85.7 Å². The Kier molecular flexibility index (Phi) is 3.84. The largest absolute Gasteiger partial charge is 0.443 e. The molecule has 4 heterocycles. The van der Waals surface area contributed by atoms with Crippen LogP contribution in [-0.2, 0) is 4.74 Å². The molecule has 0 unspecified atom stereocenters. The summed E-state index contributed by atoms with van der Waals surface area (Å²) in [4.78, 5) is 28.9. The van der Waals surface area contributed by atoms with E-state index in [4.69, 9.17) is 4.74 Å². The number of nitrogens with one attached hydrogen (secondary N) is 1. The molecule has 8 heteroatoms. The van der Waals surface area contributed by atoms with Gasteiger partial charge in [0.05, 0.1) is 5.69 Å². The standard InChI is InChI=1S/C18H17N5O2S/c1-18(2,3)25-17(24)23-9-12(11-5-4-6-21-15(11)23)13-10-26-16(22-13)14-19-7-8-20-14/h4-10H,1-3H3,(H,19,20). The van der Waals surface area contributed by atoms with Crippen LogP contribution in [0.5, 0.6) is 0 Å². The second-order valence-corrected chi connectivity index (χ2v) is 7.60. The highest BCUT2D eigenvalue weighted by Gasteiger charge is 2.22. The van der Waals surface area contributed by atoms with E-state index in [-0.39, 0.29) is 0 Å². The predicted molar refractivity (Wildman–Crippen MR) is 100 cm³/mol. The van der Waals surface area contributed by atoms with E-state index in [0.717, 1.165) is 27.5 Å². The van der Waals surface area contributed by atoms with Crippen LogP contribution in [-0.4, -0.2) is 36.2 Å². The third-order valence-electron chi connectivity index (χ3n) is 3.63. The molecule has 0 aliphatic heterocycles. The van der Waals surface area contributed by atoms with Crippen LogP contribution < -0.4 is 0 Å². The summed E-state index contributed by atoms with van der Waals surface area (Å²) in [5.74, 6) is 0.718. The molecule has 0 saturated carbocycles. The smallest absolute Gasteiger partial charge is 0.420 e. The Morgan fingerprint density at radius 2 is 2.12 bits per heavy atom. The number of thiazole rings is 1. The Morgan fingerprint density at radius 1 is 1.27 bits per heavy atom. The molecule has 0 spiro atoms. The molecule has 4 aromatic heterocycles. The van der Waals surface area contributed by atoms with Crippen molar-refractivity contribution in [1.82, 2.24) is 24.5 Å². The van der Waals surface area contributed by atoms with Crippen LogP contribution in [0.4, 0.5) is 4.79 Å². The average molecular weight is 367 g/mol. The number of fused-ring (bicyclic) bond motifs is 1. The van der Waals surface area contributed by atoms with E-state index in [9.17, 15) is 4.79 Å². The van der Waals surface area contributed by atoms with Gasteiger partial charge in [-0.1, -0.05) is 0 Å². The third-order valence-corrected chi connectivity index (χ3v) is 4.48. The molecule has 26 heavy (non-hydrogen) atoms.